The maximum Gasteiger partial charge on any atom is 0.114 e. The van der Waals surface area contributed by atoms with Crippen LogP contribution in [0.3, 0.4) is 0 Å². The summed E-state index contributed by atoms with van der Waals surface area (Å²) in [5, 5.41) is 11.0. The zero-order chi connectivity index (χ0) is 11.7. The van der Waals surface area contributed by atoms with Crippen molar-refractivity contribution >= 4 is 0 Å². The van der Waals surface area contributed by atoms with Crippen molar-refractivity contribution in [2.45, 2.75) is 57.0 Å². The first-order chi connectivity index (χ1) is 8.31. The summed E-state index contributed by atoms with van der Waals surface area (Å²) in [7, 11) is 0. The third kappa shape index (κ3) is 1.85. The van der Waals surface area contributed by atoms with E-state index in [1.807, 2.05) is 6.07 Å². The van der Waals surface area contributed by atoms with E-state index in [0.717, 1.165) is 43.4 Å². The molecular weight excluding hydrogens is 212 g/mol. The molecule has 1 N–H and O–H groups in total. The van der Waals surface area contributed by atoms with Gasteiger partial charge in [-0.1, -0.05) is 12.5 Å². The Morgan fingerprint density at radius 2 is 2.06 bits per heavy atom. The van der Waals surface area contributed by atoms with Crippen LogP contribution in [-0.2, 0) is 12.0 Å². The average Bonchev–Trinajstić information content (AvgIpc) is 2.65. The zero-order valence-corrected chi connectivity index (χ0v) is 10.2. The third-order valence-corrected chi connectivity index (χ3v) is 4.21. The number of fused-ring (bicyclic) bond motifs is 1. The first-order valence-corrected chi connectivity index (χ1v) is 6.79. The Morgan fingerprint density at radius 3 is 3.00 bits per heavy atom. The highest BCUT2D eigenvalue weighted by Crippen LogP contribution is 2.43. The fourth-order valence-corrected chi connectivity index (χ4v) is 3.27. The Balaban J connectivity index is 1.99. The second kappa shape index (κ2) is 4.34. The minimum Gasteiger partial charge on any atom is -0.469 e. The molecule has 0 aromatic carbocycles. The molecule has 0 saturated carbocycles. The maximum absolute atomic E-state index is 11.0. The molecule has 0 aliphatic heterocycles. The van der Waals surface area contributed by atoms with E-state index >= 15 is 0 Å². The fourth-order valence-electron chi connectivity index (χ4n) is 3.27. The molecule has 1 unspecified atom stereocenters. The summed E-state index contributed by atoms with van der Waals surface area (Å²) in [5.41, 5.74) is 1.53. The number of hydrogen-bond acceptors (Lipinski definition) is 2. The van der Waals surface area contributed by atoms with Gasteiger partial charge in [-0.05, 0) is 50.2 Å². The van der Waals surface area contributed by atoms with Crippen LogP contribution in [-0.4, -0.2) is 5.11 Å². The molecule has 0 fully saturated rings. The van der Waals surface area contributed by atoms with E-state index in [9.17, 15) is 5.11 Å². The van der Waals surface area contributed by atoms with Crippen molar-refractivity contribution in [3.63, 3.8) is 0 Å². The zero-order valence-electron chi connectivity index (χ0n) is 10.2. The number of rotatable bonds is 1. The highest BCUT2D eigenvalue weighted by Gasteiger charge is 2.39. The number of furan rings is 1. The Labute approximate surface area is 102 Å². The normalized spacial score (nSPS) is 29.4. The summed E-state index contributed by atoms with van der Waals surface area (Å²) >= 11 is 0. The first kappa shape index (κ1) is 11.1. The molecule has 1 aromatic rings. The van der Waals surface area contributed by atoms with E-state index in [4.69, 9.17) is 4.42 Å². The highest BCUT2D eigenvalue weighted by molar-refractivity contribution is 5.37. The molecule has 1 atom stereocenters. The van der Waals surface area contributed by atoms with Crippen LogP contribution >= 0.6 is 0 Å². The van der Waals surface area contributed by atoms with E-state index in [2.05, 4.69) is 6.08 Å². The standard InChI is InChI=1S/C15H20O2/c16-15(12-6-3-1-2-4-7-12)10-5-8-14-13(15)9-11-17-14/h6,9,11,16H,1-5,7-8,10H2. The van der Waals surface area contributed by atoms with Gasteiger partial charge in [0.05, 0.1) is 6.26 Å². The van der Waals surface area contributed by atoms with Gasteiger partial charge in [0.1, 0.15) is 11.4 Å². The van der Waals surface area contributed by atoms with Gasteiger partial charge in [-0.2, -0.15) is 0 Å². The van der Waals surface area contributed by atoms with Gasteiger partial charge in [0.15, 0.2) is 0 Å². The fraction of sp³-hybridized carbons (Fsp3) is 0.600. The highest BCUT2D eigenvalue weighted by atomic mass is 16.3. The molecule has 1 heterocycles. The van der Waals surface area contributed by atoms with Crippen LogP contribution in [0.15, 0.2) is 28.4 Å². The lowest BCUT2D eigenvalue weighted by atomic mass is 9.76. The van der Waals surface area contributed by atoms with E-state index in [1.165, 1.54) is 24.8 Å². The van der Waals surface area contributed by atoms with Crippen LogP contribution in [0.5, 0.6) is 0 Å². The van der Waals surface area contributed by atoms with Crippen LogP contribution in [0.4, 0.5) is 0 Å². The topological polar surface area (TPSA) is 33.4 Å². The monoisotopic (exact) mass is 232 g/mol. The molecule has 2 nitrogen and oxygen atoms in total. The van der Waals surface area contributed by atoms with Crippen molar-refractivity contribution in [2.24, 2.45) is 0 Å². The van der Waals surface area contributed by atoms with Gasteiger partial charge in [-0.25, -0.2) is 0 Å². The minimum atomic E-state index is -0.731. The van der Waals surface area contributed by atoms with Gasteiger partial charge in [0.25, 0.3) is 0 Å². The van der Waals surface area contributed by atoms with Crippen molar-refractivity contribution in [2.75, 3.05) is 0 Å². The quantitative estimate of drug-likeness (QED) is 0.749. The summed E-state index contributed by atoms with van der Waals surface area (Å²) in [5.74, 6) is 0.990. The lowest BCUT2D eigenvalue weighted by molar-refractivity contribution is 0.0508. The van der Waals surface area contributed by atoms with Crippen molar-refractivity contribution in [1.82, 2.24) is 0 Å². The molecule has 0 spiro atoms. The summed E-state index contributed by atoms with van der Waals surface area (Å²) < 4.78 is 5.49. The maximum atomic E-state index is 11.0. The van der Waals surface area contributed by atoms with Crippen LogP contribution < -0.4 is 0 Å². The lowest BCUT2D eigenvalue weighted by Gasteiger charge is -2.34. The van der Waals surface area contributed by atoms with Crippen molar-refractivity contribution in [1.29, 1.82) is 0 Å². The van der Waals surface area contributed by atoms with Gasteiger partial charge in [0, 0.05) is 12.0 Å². The molecule has 17 heavy (non-hydrogen) atoms. The Hall–Kier alpha value is -1.02. The Kier molecular flexibility index (Phi) is 2.83. The van der Waals surface area contributed by atoms with E-state index < -0.39 is 5.60 Å². The summed E-state index contributed by atoms with van der Waals surface area (Å²) in [6, 6.07) is 1.96. The molecule has 0 saturated heterocycles. The van der Waals surface area contributed by atoms with Gasteiger partial charge in [-0.15, -0.1) is 0 Å². The number of aliphatic hydroxyl groups is 1. The second-order valence-electron chi connectivity index (χ2n) is 5.30. The van der Waals surface area contributed by atoms with Crippen LogP contribution in [0, 0.1) is 0 Å². The van der Waals surface area contributed by atoms with Crippen LogP contribution in [0.25, 0.3) is 0 Å². The molecule has 2 aliphatic carbocycles. The van der Waals surface area contributed by atoms with Crippen LogP contribution in [0.1, 0.15) is 56.3 Å². The van der Waals surface area contributed by atoms with Gasteiger partial charge in [0.2, 0.25) is 0 Å². The van der Waals surface area contributed by atoms with Crippen molar-refractivity contribution in [3.8, 4) is 0 Å². The molecule has 0 amide bonds. The first-order valence-electron chi connectivity index (χ1n) is 6.79. The lowest BCUT2D eigenvalue weighted by Crippen LogP contribution is -2.32. The van der Waals surface area contributed by atoms with E-state index in [0.29, 0.717) is 0 Å². The van der Waals surface area contributed by atoms with Crippen molar-refractivity contribution < 1.29 is 9.52 Å². The average molecular weight is 232 g/mol. The van der Waals surface area contributed by atoms with Gasteiger partial charge in [-0.3, -0.25) is 0 Å². The molecule has 2 heteroatoms. The smallest absolute Gasteiger partial charge is 0.114 e. The number of allylic oxidation sites excluding steroid dienone is 1. The Morgan fingerprint density at radius 1 is 1.12 bits per heavy atom. The molecule has 1 aromatic heterocycles. The van der Waals surface area contributed by atoms with Gasteiger partial charge >= 0.3 is 0 Å². The SMILES string of the molecule is OC1(C2=CCCCCC2)CCCc2occc21. The molecule has 92 valence electrons. The van der Waals surface area contributed by atoms with E-state index in [1.54, 1.807) is 6.26 Å². The molecule has 2 aliphatic rings. The predicted octanol–water partition coefficient (Wildman–Crippen LogP) is 3.69. The van der Waals surface area contributed by atoms with Crippen LogP contribution in [0.2, 0.25) is 0 Å². The molecule has 0 bridgehead atoms. The minimum absolute atomic E-state index is 0.731. The van der Waals surface area contributed by atoms with Gasteiger partial charge < -0.3 is 9.52 Å². The molecule has 0 radical (unpaired) electrons. The Bertz CT molecular complexity index is 430. The van der Waals surface area contributed by atoms with E-state index in [-0.39, 0.29) is 0 Å². The summed E-state index contributed by atoms with van der Waals surface area (Å²) in [6.45, 7) is 0. The third-order valence-electron chi connectivity index (χ3n) is 4.21. The summed E-state index contributed by atoms with van der Waals surface area (Å²) in [6.07, 6.45) is 12.8. The predicted molar refractivity (Wildman–Crippen MR) is 66.7 cm³/mol. The second-order valence-corrected chi connectivity index (χ2v) is 5.30. The number of hydrogen-bond donors (Lipinski definition) is 1. The number of aryl methyl sites for hydroxylation is 1. The molecule has 3 rings (SSSR count). The van der Waals surface area contributed by atoms with Crippen molar-refractivity contribution in [3.05, 3.63) is 35.3 Å². The largest absolute Gasteiger partial charge is 0.469 e. The molecular formula is C15H20O2. The summed E-state index contributed by atoms with van der Waals surface area (Å²) in [4.78, 5) is 0.